The van der Waals surface area contributed by atoms with Gasteiger partial charge in [0, 0.05) is 24.0 Å². The third-order valence-electron chi connectivity index (χ3n) is 5.73. The number of ether oxygens (including phenoxy) is 1. The lowest BCUT2D eigenvalue weighted by molar-refractivity contribution is -0.129. The second-order valence-electron chi connectivity index (χ2n) is 7.78. The van der Waals surface area contributed by atoms with E-state index in [2.05, 4.69) is 12.1 Å². The topological polar surface area (TPSA) is 76.6 Å². The summed E-state index contributed by atoms with van der Waals surface area (Å²) in [7, 11) is -1.42. The van der Waals surface area contributed by atoms with Gasteiger partial charge < -0.3 is 9.64 Å². The predicted molar refractivity (Wildman–Crippen MR) is 129 cm³/mol. The van der Waals surface area contributed by atoms with Crippen LogP contribution in [0.4, 0.5) is 0 Å². The van der Waals surface area contributed by atoms with Crippen molar-refractivity contribution in [3.63, 3.8) is 0 Å². The lowest BCUT2D eigenvalue weighted by Crippen LogP contribution is -2.41. The number of hydrogen-bond acceptors (Lipinski definition) is 6. The van der Waals surface area contributed by atoms with Gasteiger partial charge in [0.15, 0.2) is 9.84 Å². The molecule has 2 aromatic carbocycles. The van der Waals surface area contributed by atoms with E-state index in [0.717, 1.165) is 32.8 Å². The van der Waals surface area contributed by atoms with Gasteiger partial charge in [-0.2, -0.15) is 0 Å². The first-order valence-electron chi connectivity index (χ1n) is 10.6. The van der Waals surface area contributed by atoms with Crippen molar-refractivity contribution >= 4 is 38.4 Å². The lowest BCUT2D eigenvalue weighted by atomic mass is 10.0. The van der Waals surface area contributed by atoms with E-state index in [4.69, 9.17) is 9.72 Å². The van der Waals surface area contributed by atoms with Crippen molar-refractivity contribution in [3.8, 4) is 16.9 Å². The Labute approximate surface area is 192 Å². The molecule has 3 aromatic rings. The van der Waals surface area contributed by atoms with E-state index < -0.39 is 9.84 Å². The number of carbonyl (C=O) groups excluding carboxylic acids is 1. The highest BCUT2D eigenvalue weighted by Gasteiger charge is 2.33. The van der Waals surface area contributed by atoms with Crippen LogP contribution < -0.4 is 4.74 Å². The summed E-state index contributed by atoms with van der Waals surface area (Å²) in [5.41, 5.74) is 2.92. The van der Waals surface area contributed by atoms with Gasteiger partial charge in [-0.25, -0.2) is 13.4 Å². The maximum absolute atomic E-state index is 12.9. The molecule has 1 aromatic heterocycles. The van der Waals surface area contributed by atoms with Crippen molar-refractivity contribution in [3.05, 3.63) is 54.6 Å². The van der Waals surface area contributed by atoms with Crippen molar-refractivity contribution in [1.82, 2.24) is 9.88 Å². The lowest BCUT2D eigenvalue weighted by Gasteiger charge is -2.26. The molecule has 1 amide bonds. The van der Waals surface area contributed by atoms with E-state index in [-0.39, 0.29) is 29.2 Å². The normalized spacial score (nSPS) is 17.4. The number of aromatic nitrogens is 1. The van der Waals surface area contributed by atoms with Gasteiger partial charge in [0.2, 0.25) is 5.91 Å². The number of rotatable bonds is 7. The molecule has 8 heteroatoms. The first-order valence-corrected chi connectivity index (χ1v) is 13.4. The summed E-state index contributed by atoms with van der Waals surface area (Å²) < 4.78 is 29.1. The smallest absolute Gasteiger partial charge is 0.233 e. The summed E-state index contributed by atoms with van der Waals surface area (Å²) in [6.45, 7) is 2.39. The van der Waals surface area contributed by atoms with E-state index in [0.29, 0.717) is 13.0 Å². The Morgan fingerprint density at radius 3 is 2.62 bits per heavy atom. The van der Waals surface area contributed by atoms with Gasteiger partial charge in [0.05, 0.1) is 34.9 Å². The predicted octanol–water partition coefficient (Wildman–Crippen LogP) is 4.04. The Kier molecular flexibility index (Phi) is 6.71. The number of hydrogen-bond donors (Lipinski definition) is 0. The first kappa shape index (κ1) is 22.6. The highest BCUT2D eigenvalue weighted by atomic mass is 32.2. The Morgan fingerprint density at radius 1 is 1.19 bits per heavy atom. The fraction of sp³-hybridized carbons (Fsp3) is 0.333. The molecule has 1 atom stereocenters. The Balaban J connectivity index is 1.60. The molecule has 32 heavy (non-hydrogen) atoms. The van der Waals surface area contributed by atoms with Gasteiger partial charge in [0.1, 0.15) is 5.75 Å². The van der Waals surface area contributed by atoms with Gasteiger partial charge in [-0.05, 0) is 42.7 Å². The van der Waals surface area contributed by atoms with Crippen molar-refractivity contribution in [1.29, 1.82) is 0 Å². The number of sulfone groups is 1. The minimum atomic E-state index is -3.04. The molecule has 1 aliphatic rings. The molecule has 1 saturated heterocycles. The molecule has 2 heterocycles. The van der Waals surface area contributed by atoms with Crippen LogP contribution >= 0.6 is 11.8 Å². The number of pyridine rings is 1. The zero-order valence-electron chi connectivity index (χ0n) is 18.2. The molecule has 0 aliphatic carbocycles. The summed E-state index contributed by atoms with van der Waals surface area (Å²) in [4.78, 5) is 19.4. The van der Waals surface area contributed by atoms with Gasteiger partial charge >= 0.3 is 0 Å². The standard InChI is InChI=1S/C24H26N2O4S2/c1-3-26(18-11-12-32(28,29)16-18)24(27)15-31-23-14-21(17-7-5-4-6-8-17)20-10-9-19(30-2)13-22(20)25-23/h4-10,13-14,18H,3,11-12,15-16H2,1-2H3/t18-/m0/s1. The molecule has 168 valence electrons. The Bertz CT molecular complexity index is 1230. The van der Waals surface area contributed by atoms with Crippen LogP contribution in [0.2, 0.25) is 0 Å². The molecular formula is C24H26N2O4S2. The van der Waals surface area contributed by atoms with E-state index in [1.807, 2.05) is 49.4 Å². The highest BCUT2D eigenvalue weighted by molar-refractivity contribution is 7.99. The van der Waals surface area contributed by atoms with Crippen LogP contribution in [0.3, 0.4) is 0 Å². The zero-order valence-corrected chi connectivity index (χ0v) is 19.8. The minimum Gasteiger partial charge on any atom is -0.497 e. The molecule has 0 N–H and O–H groups in total. The largest absolute Gasteiger partial charge is 0.497 e. The van der Waals surface area contributed by atoms with Crippen LogP contribution in [0.15, 0.2) is 59.6 Å². The van der Waals surface area contributed by atoms with Crippen molar-refractivity contribution in [2.24, 2.45) is 0 Å². The van der Waals surface area contributed by atoms with Crippen LogP contribution in [0.1, 0.15) is 13.3 Å². The average molecular weight is 471 g/mol. The number of nitrogens with zero attached hydrogens (tertiary/aromatic N) is 2. The molecule has 4 rings (SSSR count). The molecular weight excluding hydrogens is 444 g/mol. The van der Waals surface area contributed by atoms with Crippen LogP contribution in [0, 0.1) is 0 Å². The molecule has 0 unspecified atom stereocenters. The minimum absolute atomic E-state index is 0.0589. The summed E-state index contributed by atoms with van der Waals surface area (Å²) in [5, 5.41) is 1.76. The Hall–Kier alpha value is -2.58. The summed E-state index contributed by atoms with van der Waals surface area (Å²) in [6.07, 6.45) is 0.513. The Morgan fingerprint density at radius 2 is 1.97 bits per heavy atom. The third-order valence-corrected chi connectivity index (χ3v) is 8.38. The van der Waals surface area contributed by atoms with E-state index in [1.54, 1.807) is 12.0 Å². The zero-order chi connectivity index (χ0) is 22.7. The number of thioether (sulfide) groups is 1. The maximum Gasteiger partial charge on any atom is 0.233 e. The number of carbonyl (C=O) groups is 1. The van der Waals surface area contributed by atoms with Crippen LogP contribution in [-0.4, -0.2) is 61.2 Å². The van der Waals surface area contributed by atoms with Crippen molar-refractivity contribution in [2.45, 2.75) is 24.4 Å². The number of methoxy groups -OCH3 is 1. The second-order valence-corrected chi connectivity index (χ2v) is 11.0. The SMILES string of the molecule is CCN(C(=O)CSc1cc(-c2ccccc2)c2ccc(OC)cc2n1)[C@H]1CCS(=O)(=O)C1. The molecule has 0 bridgehead atoms. The fourth-order valence-electron chi connectivity index (χ4n) is 4.12. The van der Waals surface area contributed by atoms with Gasteiger partial charge in [-0.1, -0.05) is 42.1 Å². The average Bonchev–Trinajstić information content (AvgIpc) is 3.16. The van der Waals surface area contributed by atoms with E-state index >= 15 is 0 Å². The highest BCUT2D eigenvalue weighted by Crippen LogP contribution is 2.33. The summed E-state index contributed by atoms with van der Waals surface area (Å²) in [6, 6.07) is 17.7. The van der Waals surface area contributed by atoms with Crippen molar-refractivity contribution in [2.75, 3.05) is 30.9 Å². The second kappa shape index (κ2) is 9.50. The number of fused-ring (bicyclic) bond motifs is 1. The summed E-state index contributed by atoms with van der Waals surface area (Å²) >= 11 is 1.38. The number of benzene rings is 2. The van der Waals surface area contributed by atoms with Gasteiger partial charge in [0.25, 0.3) is 0 Å². The monoisotopic (exact) mass is 470 g/mol. The quantitative estimate of drug-likeness (QED) is 0.485. The van der Waals surface area contributed by atoms with Crippen LogP contribution in [-0.2, 0) is 14.6 Å². The van der Waals surface area contributed by atoms with Crippen molar-refractivity contribution < 1.29 is 17.9 Å². The van der Waals surface area contributed by atoms with Crippen LogP contribution in [0.25, 0.3) is 22.0 Å². The fourth-order valence-corrected chi connectivity index (χ4v) is 6.65. The third kappa shape index (κ3) is 4.91. The molecule has 1 aliphatic heterocycles. The first-order chi connectivity index (χ1) is 15.4. The molecule has 0 spiro atoms. The van der Waals surface area contributed by atoms with E-state index in [9.17, 15) is 13.2 Å². The number of amides is 1. The molecule has 1 fully saturated rings. The molecule has 0 radical (unpaired) electrons. The summed E-state index contributed by atoms with van der Waals surface area (Å²) in [5.74, 6) is 1.09. The maximum atomic E-state index is 12.9. The molecule has 0 saturated carbocycles. The van der Waals surface area contributed by atoms with E-state index in [1.165, 1.54) is 11.8 Å². The van der Waals surface area contributed by atoms with Gasteiger partial charge in [-0.3, -0.25) is 4.79 Å². The molecule has 6 nitrogen and oxygen atoms in total. The van der Waals surface area contributed by atoms with Gasteiger partial charge in [-0.15, -0.1) is 0 Å². The van der Waals surface area contributed by atoms with Crippen LogP contribution in [0.5, 0.6) is 5.75 Å².